The van der Waals surface area contributed by atoms with E-state index >= 15 is 0 Å². The van der Waals surface area contributed by atoms with Crippen molar-refractivity contribution in [2.45, 2.75) is 0 Å². The van der Waals surface area contributed by atoms with Crippen LogP contribution < -0.4 is 10.4 Å². The predicted octanol–water partition coefficient (Wildman–Crippen LogP) is 0.410. The van der Waals surface area contributed by atoms with Gasteiger partial charge in [0.05, 0.1) is 0 Å². The van der Waals surface area contributed by atoms with Crippen molar-refractivity contribution in [2.24, 2.45) is 0 Å². The zero-order valence-electron chi connectivity index (χ0n) is 7.03. The van der Waals surface area contributed by atoms with E-state index < -0.39 is 13.1 Å². The summed E-state index contributed by atoms with van der Waals surface area (Å²) < 4.78 is 21.9. The number of hydrogen-bond acceptors (Lipinski definition) is 4. The van der Waals surface area contributed by atoms with Crippen LogP contribution in [0.1, 0.15) is 0 Å². The first-order valence-electron chi connectivity index (χ1n) is 3.56. The van der Waals surface area contributed by atoms with Crippen LogP contribution in [0.4, 0.5) is 10.1 Å². The second-order valence-electron chi connectivity index (χ2n) is 2.35. The van der Waals surface area contributed by atoms with Crippen molar-refractivity contribution in [3.63, 3.8) is 0 Å². The Balaban J connectivity index is 2.81. The molecule has 0 saturated carbocycles. The van der Waals surface area contributed by atoms with Gasteiger partial charge in [-0.25, -0.2) is 4.39 Å². The zero-order chi connectivity index (χ0) is 9.84. The fraction of sp³-hybridized carbons (Fsp3) is 0.143. The summed E-state index contributed by atoms with van der Waals surface area (Å²) in [7, 11) is -0.259. The van der Waals surface area contributed by atoms with Crippen molar-refractivity contribution in [1.82, 2.24) is 0 Å². The van der Waals surface area contributed by atoms with E-state index in [2.05, 4.69) is 9.31 Å². The van der Waals surface area contributed by atoms with Crippen molar-refractivity contribution < 1.29 is 18.7 Å². The minimum Gasteiger partial charge on any atom is -0.509 e. The van der Waals surface area contributed by atoms with E-state index in [0.29, 0.717) is 5.69 Å². The van der Waals surface area contributed by atoms with Crippen LogP contribution in [0, 0.1) is 5.82 Å². The molecule has 6 heteroatoms. The summed E-state index contributed by atoms with van der Waals surface area (Å²) in [5.74, 6) is -0.750. The summed E-state index contributed by atoms with van der Waals surface area (Å²) in [4.78, 5) is 0. The smallest absolute Gasteiger partial charge is 0.509 e. The highest BCUT2D eigenvalue weighted by molar-refractivity contribution is 6.35. The third kappa shape index (κ3) is 2.60. The summed E-state index contributed by atoms with van der Waals surface area (Å²) in [5.41, 5.74) is 5.72. The molecule has 13 heavy (non-hydrogen) atoms. The number of benzene rings is 1. The second kappa shape index (κ2) is 4.11. The molecule has 0 atom stereocenters. The van der Waals surface area contributed by atoms with Crippen molar-refractivity contribution in [3.8, 4) is 5.75 Å². The molecule has 4 nitrogen and oxygen atoms in total. The Morgan fingerprint density at radius 2 is 2.23 bits per heavy atom. The van der Waals surface area contributed by atoms with Crippen molar-refractivity contribution in [1.29, 1.82) is 0 Å². The van der Waals surface area contributed by atoms with Gasteiger partial charge >= 0.3 is 7.32 Å². The summed E-state index contributed by atoms with van der Waals surface area (Å²) in [6, 6.07) is 3.80. The van der Waals surface area contributed by atoms with Gasteiger partial charge < -0.3 is 20.1 Å². The lowest BCUT2D eigenvalue weighted by molar-refractivity contribution is 0.234. The van der Waals surface area contributed by atoms with Crippen LogP contribution in [-0.2, 0) is 4.65 Å². The Bertz CT molecular complexity index is 297. The molecule has 0 radical (unpaired) electrons. The molecule has 70 valence electrons. The molecule has 0 unspecified atom stereocenters. The molecule has 0 heterocycles. The number of anilines is 1. The molecule has 0 saturated heterocycles. The third-order valence-electron chi connectivity index (χ3n) is 1.38. The van der Waals surface area contributed by atoms with Crippen molar-refractivity contribution in [2.75, 3.05) is 12.8 Å². The van der Waals surface area contributed by atoms with E-state index in [-0.39, 0.29) is 5.75 Å². The Labute approximate surface area is 75.3 Å². The van der Waals surface area contributed by atoms with Gasteiger partial charge in [-0.05, 0) is 12.1 Å². The molecule has 1 aromatic rings. The van der Waals surface area contributed by atoms with E-state index in [4.69, 9.17) is 10.8 Å². The fourth-order valence-corrected chi connectivity index (χ4v) is 0.767. The number of nitrogen functional groups attached to an aromatic ring is 1. The summed E-state index contributed by atoms with van der Waals surface area (Å²) in [6.07, 6.45) is 0. The maximum Gasteiger partial charge on any atom is 0.710 e. The lowest BCUT2D eigenvalue weighted by Crippen LogP contribution is -2.24. The van der Waals surface area contributed by atoms with Gasteiger partial charge in [-0.15, -0.1) is 0 Å². The lowest BCUT2D eigenvalue weighted by Gasteiger charge is -2.08. The minimum atomic E-state index is -1.49. The summed E-state index contributed by atoms with van der Waals surface area (Å²) in [6.45, 7) is 0. The standard InChI is InChI=1S/C7H9BFNO3/c1-12-8(11)13-7-4-5(10)2-3-6(7)9/h2-4,11H,10H2,1H3. The molecule has 0 fully saturated rings. The minimum absolute atomic E-state index is 0.144. The van der Waals surface area contributed by atoms with E-state index in [1.165, 1.54) is 19.2 Å². The molecule has 0 amide bonds. The van der Waals surface area contributed by atoms with Crippen LogP contribution in [0.5, 0.6) is 5.75 Å². The van der Waals surface area contributed by atoms with Gasteiger partial charge in [0.25, 0.3) is 0 Å². The van der Waals surface area contributed by atoms with Gasteiger partial charge in [0, 0.05) is 18.9 Å². The maximum absolute atomic E-state index is 12.9. The van der Waals surface area contributed by atoms with Gasteiger partial charge in [-0.2, -0.15) is 0 Å². The normalized spacial score (nSPS) is 9.77. The van der Waals surface area contributed by atoms with Crippen LogP contribution in [0.3, 0.4) is 0 Å². The highest BCUT2D eigenvalue weighted by Crippen LogP contribution is 2.20. The van der Waals surface area contributed by atoms with Gasteiger partial charge in [0.1, 0.15) is 5.75 Å². The molecule has 1 rings (SSSR count). The molecular formula is C7H9BFNO3. The van der Waals surface area contributed by atoms with Crippen LogP contribution in [0.25, 0.3) is 0 Å². The Morgan fingerprint density at radius 3 is 2.85 bits per heavy atom. The highest BCUT2D eigenvalue weighted by Gasteiger charge is 2.17. The fourth-order valence-electron chi connectivity index (χ4n) is 0.767. The largest absolute Gasteiger partial charge is 0.710 e. The first-order valence-corrected chi connectivity index (χ1v) is 3.56. The quantitative estimate of drug-likeness (QED) is 0.528. The van der Waals surface area contributed by atoms with Crippen molar-refractivity contribution >= 4 is 13.0 Å². The number of hydrogen-bond donors (Lipinski definition) is 2. The molecule has 0 bridgehead atoms. The Hall–Kier alpha value is -1.27. The van der Waals surface area contributed by atoms with Gasteiger partial charge in [-0.1, -0.05) is 0 Å². The van der Waals surface area contributed by atoms with E-state index in [1.807, 2.05) is 0 Å². The van der Waals surface area contributed by atoms with Crippen LogP contribution in [-0.4, -0.2) is 19.5 Å². The lowest BCUT2D eigenvalue weighted by atomic mass is 10.2. The summed E-state index contributed by atoms with van der Waals surface area (Å²) in [5, 5.41) is 8.87. The third-order valence-corrected chi connectivity index (χ3v) is 1.38. The predicted molar refractivity (Wildman–Crippen MR) is 46.4 cm³/mol. The molecular weight excluding hydrogens is 176 g/mol. The first kappa shape index (κ1) is 9.82. The average Bonchev–Trinajstić information content (AvgIpc) is 2.11. The summed E-state index contributed by atoms with van der Waals surface area (Å²) >= 11 is 0. The zero-order valence-corrected chi connectivity index (χ0v) is 7.03. The SMILES string of the molecule is COB(O)Oc1cc(N)ccc1F. The molecule has 0 aromatic heterocycles. The van der Waals surface area contributed by atoms with Crippen LogP contribution in [0.2, 0.25) is 0 Å². The van der Waals surface area contributed by atoms with Crippen LogP contribution in [0.15, 0.2) is 18.2 Å². The van der Waals surface area contributed by atoms with E-state index in [9.17, 15) is 4.39 Å². The Kier molecular flexibility index (Phi) is 3.10. The average molecular weight is 185 g/mol. The molecule has 1 aromatic carbocycles. The topological polar surface area (TPSA) is 64.7 Å². The maximum atomic E-state index is 12.9. The van der Waals surface area contributed by atoms with Gasteiger partial charge in [-0.3, -0.25) is 0 Å². The molecule has 0 aliphatic carbocycles. The highest BCUT2D eigenvalue weighted by atomic mass is 19.1. The first-order chi connectivity index (χ1) is 6.13. The molecule has 0 spiro atoms. The van der Waals surface area contributed by atoms with E-state index in [1.54, 1.807) is 0 Å². The molecule has 0 aliphatic rings. The Morgan fingerprint density at radius 1 is 1.54 bits per heavy atom. The number of nitrogens with two attached hydrogens (primary N) is 1. The van der Waals surface area contributed by atoms with Crippen LogP contribution >= 0.6 is 0 Å². The van der Waals surface area contributed by atoms with E-state index in [0.717, 1.165) is 6.07 Å². The number of rotatable bonds is 3. The number of halogens is 1. The molecule has 0 aliphatic heterocycles. The van der Waals surface area contributed by atoms with Gasteiger partial charge in [0.2, 0.25) is 0 Å². The second-order valence-corrected chi connectivity index (χ2v) is 2.35. The monoisotopic (exact) mass is 185 g/mol. The van der Waals surface area contributed by atoms with Crippen molar-refractivity contribution in [3.05, 3.63) is 24.0 Å². The molecule has 3 N–H and O–H groups in total. The van der Waals surface area contributed by atoms with Gasteiger partial charge in [0.15, 0.2) is 5.82 Å².